The summed E-state index contributed by atoms with van der Waals surface area (Å²) in [6.45, 7) is 2.01. The summed E-state index contributed by atoms with van der Waals surface area (Å²) in [5, 5.41) is 0.862. The van der Waals surface area contributed by atoms with E-state index >= 15 is 0 Å². The fraction of sp³-hybridized carbons (Fsp3) is 0.160. The molecule has 3 aromatic carbocycles. The lowest BCUT2D eigenvalue weighted by Crippen LogP contribution is -2.32. The second kappa shape index (κ2) is 8.98. The zero-order chi connectivity index (χ0) is 22.7. The third-order valence-electron chi connectivity index (χ3n) is 5.41. The molecule has 0 saturated heterocycles. The number of H-pyrrole nitrogens is 1. The highest BCUT2D eigenvalue weighted by atomic mass is 32.2. The lowest BCUT2D eigenvalue weighted by Gasteiger charge is -2.22. The fourth-order valence-corrected chi connectivity index (χ4v) is 5.05. The van der Waals surface area contributed by atoms with E-state index in [2.05, 4.69) is 4.98 Å². The van der Waals surface area contributed by atoms with Gasteiger partial charge in [-0.2, -0.15) is 4.31 Å². The van der Waals surface area contributed by atoms with Gasteiger partial charge in [0.15, 0.2) is 0 Å². The number of aromatic nitrogens is 1. The Balaban J connectivity index is 1.77. The molecule has 4 rings (SSSR count). The third-order valence-corrected chi connectivity index (χ3v) is 7.22. The number of sulfonamides is 1. The lowest BCUT2D eigenvalue weighted by atomic mass is 10.1. The Kier molecular flexibility index (Phi) is 6.12. The molecule has 0 saturated carbocycles. The molecule has 0 aliphatic heterocycles. The summed E-state index contributed by atoms with van der Waals surface area (Å²) in [5.74, 6) is 0.569. The Morgan fingerprint density at radius 3 is 2.31 bits per heavy atom. The molecule has 0 atom stereocenters. The second-order valence-electron chi connectivity index (χ2n) is 7.60. The van der Waals surface area contributed by atoms with E-state index in [0.29, 0.717) is 11.3 Å². The summed E-state index contributed by atoms with van der Waals surface area (Å²) < 4.78 is 33.6. The van der Waals surface area contributed by atoms with Crippen LogP contribution in [0.3, 0.4) is 0 Å². The number of hydrogen-bond donors (Lipinski definition) is 1. The molecule has 164 valence electrons. The highest BCUT2D eigenvalue weighted by Gasteiger charge is 2.26. The smallest absolute Gasteiger partial charge is 0.252 e. The molecule has 1 aromatic heterocycles. The van der Waals surface area contributed by atoms with Crippen LogP contribution in [0.5, 0.6) is 5.75 Å². The van der Waals surface area contributed by atoms with Gasteiger partial charge in [-0.05, 0) is 53.8 Å². The van der Waals surface area contributed by atoms with E-state index in [0.717, 1.165) is 22.0 Å². The third kappa shape index (κ3) is 4.44. The minimum absolute atomic E-state index is 0.0531. The lowest BCUT2D eigenvalue weighted by molar-refractivity contribution is 0.399. The molecule has 0 fully saturated rings. The Morgan fingerprint density at radius 2 is 1.62 bits per heavy atom. The number of benzene rings is 3. The Hall–Kier alpha value is -3.42. The van der Waals surface area contributed by atoms with Crippen LogP contribution >= 0.6 is 0 Å². The topological polar surface area (TPSA) is 79.5 Å². The summed E-state index contributed by atoms with van der Waals surface area (Å²) in [7, 11) is -2.35. The van der Waals surface area contributed by atoms with Crippen molar-refractivity contribution in [3.05, 3.63) is 106 Å². The van der Waals surface area contributed by atoms with E-state index in [1.165, 1.54) is 23.5 Å². The maximum absolute atomic E-state index is 13.5. The van der Waals surface area contributed by atoms with E-state index in [4.69, 9.17) is 4.74 Å². The zero-order valence-corrected chi connectivity index (χ0v) is 18.7. The van der Waals surface area contributed by atoms with Gasteiger partial charge < -0.3 is 9.72 Å². The number of pyridine rings is 1. The molecule has 1 N–H and O–H groups in total. The minimum Gasteiger partial charge on any atom is -0.497 e. The van der Waals surface area contributed by atoms with Gasteiger partial charge in [0, 0.05) is 18.7 Å². The van der Waals surface area contributed by atoms with Crippen LogP contribution < -0.4 is 10.3 Å². The number of aromatic amines is 1. The molecule has 0 aliphatic carbocycles. The molecule has 0 bridgehead atoms. The van der Waals surface area contributed by atoms with Gasteiger partial charge in [-0.3, -0.25) is 4.79 Å². The van der Waals surface area contributed by atoms with Crippen LogP contribution in [-0.4, -0.2) is 24.8 Å². The number of rotatable bonds is 7. The van der Waals surface area contributed by atoms with E-state index in [-0.39, 0.29) is 23.5 Å². The number of ether oxygens (including phenoxy) is 1. The number of nitrogens with zero attached hydrogens (tertiary/aromatic N) is 1. The first-order valence-electron chi connectivity index (χ1n) is 10.2. The average Bonchev–Trinajstić information content (AvgIpc) is 2.80. The molecule has 32 heavy (non-hydrogen) atoms. The van der Waals surface area contributed by atoms with Crippen LogP contribution in [0.25, 0.3) is 10.9 Å². The van der Waals surface area contributed by atoms with Crippen LogP contribution in [0.15, 0.2) is 88.6 Å². The van der Waals surface area contributed by atoms with Crippen LogP contribution in [0, 0.1) is 6.92 Å². The highest BCUT2D eigenvalue weighted by molar-refractivity contribution is 7.89. The van der Waals surface area contributed by atoms with Gasteiger partial charge >= 0.3 is 0 Å². The van der Waals surface area contributed by atoms with Gasteiger partial charge in [-0.1, -0.05) is 48.5 Å². The molecule has 0 unspecified atom stereocenters. The fourth-order valence-electron chi connectivity index (χ4n) is 3.65. The van der Waals surface area contributed by atoms with Crippen molar-refractivity contribution < 1.29 is 13.2 Å². The Bertz CT molecular complexity index is 1400. The van der Waals surface area contributed by atoms with Gasteiger partial charge in [0.25, 0.3) is 5.56 Å². The number of aryl methyl sites for hydroxylation is 1. The molecule has 0 aliphatic rings. The van der Waals surface area contributed by atoms with Gasteiger partial charge in [0.05, 0.1) is 17.5 Å². The molecule has 4 aromatic rings. The van der Waals surface area contributed by atoms with Gasteiger partial charge in [-0.15, -0.1) is 0 Å². The monoisotopic (exact) mass is 448 g/mol. The van der Waals surface area contributed by atoms with Crippen molar-refractivity contribution in [2.45, 2.75) is 24.9 Å². The standard InChI is InChI=1S/C25H24N2O4S/c1-18-7-6-10-20-15-21(25(28)26-24(18)20)17-27(16-19-8-4-3-5-9-19)32(29,30)23-13-11-22(31-2)12-14-23/h3-15H,16-17H2,1-2H3,(H,26,28). The number of fused-ring (bicyclic) bond motifs is 1. The van der Waals surface area contributed by atoms with Gasteiger partial charge in [0.1, 0.15) is 5.75 Å². The van der Waals surface area contributed by atoms with Crippen molar-refractivity contribution in [3.8, 4) is 5.75 Å². The largest absolute Gasteiger partial charge is 0.497 e. The molecule has 0 radical (unpaired) electrons. The van der Waals surface area contributed by atoms with E-state index in [1.54, 1.807) is 18.2 Å². The molecule has 1 heterocycles. The van der Waals surface area contributed by atoms with E-state index in [1.807, 2.05) is 55.5 Å². The van der Waals surface area contributed by atoms with Crippen LogP contribution in [0.2, 0.25) is 0 Å². The van der Waals surface area contributed by atoms with Crippen molar-refractivity contribution in [1.82, 2.24) is 9.29 Å². The summed E-state index contributed by atoms with van der Waals surface area (Å²) in [6, 6.07) is 23.1. The normalized spacial score (nSPS) is 11.7. The van der Waals surface area contributed by atoms with Gasteiger partial charge in [0.2, 0.25) is 10.0 Å². The number of methoxy groups -OCH3 is 1. The maximum atomic E-state index is 13.5. The zero-order valence-electron chi connectivity index (χ0n) is 17.9. The Morgan fingerprint density at radius 1 is 0.906 bits per heavy atom. The van der Waals surface area contributed by atoms with Crippen molar-refractivity contribution in [2.24, 2.45) is 0 Å². The SMILES string of the molecule is COc1ccc(S(=O)(=O)N(Cc2ccccc2)Cc2cc3cccc(C)c3[nH]c2=O)cc1. The quantitative estimate of drug-likeness (QED) is 0.459. The predicted octanol–water partition coefficient (Wildman–Crippen LogP) is 4.24. The van der Waals surface area contributed by atoms with E-state index < -0.39 is 10.0 Å². The van der Waals surface area contributed by atoms with Crippen LogP contribution in [-0.2, 0) is 23.1 Å². The first-order valence-corrected chi connectivity index (χ1v) is 11.6. The molecule has 7 heteroatoms. The van der Waals surface area contributed by atoms with Crippen molar-refractivity contribution in [2.75, 3.05) is 7.11 Å². The minimum atomic E-state index is -3.88. The number of hydrogen-bond acceptors (Lipinski definition) is 4. The average molecular weight is 449 g/mol. The van der Waals surface area contributed by atoms with Crippen molar-refractivity contribution >= 4 is 20.9 Å². The Labute approximate surface area is 187 Å². The van der Waals surface area contributed by atoms with Crippen molar-refractivity contribution in [1.29, 1.82) is 0 Å². The van der Waals surface area contributed by atoms with Crippen LogP contribution in [0.1, 0.15) is 16.7 Å². The molecule has 6 nitrogen and oxygen atoms in total. The summed E-state index contributed by atoms with van der Waals surface area (Å²) in [6.07, 6.45) is 0. The first-order chi connectivity index (χ1) is 15.4. The maximum Gasteiger partial charge on any atom is 0.252 e. The van der Waals surface area contributed by atoms with Crippen molar-refractivity contribution in [3.63, 3.8) is 0 Å². The summed E-state index contributed by atoms with van der Waals surface area (Å²) >= 11 is 0. The first kappa shape index (κ1) is 21.8. The molecular formula is C25H24N2O4S. The van der Waals surface area contributed by atoms with E-state index in [9.17, 15) is 13.2 Å². The van der Waals surface area contributed by atoms with Crippen LogP contribution in [0.4, 0.5) is 0 Å². The van der Waals surface area contributed by atoms with Gasteiger partial charge in [-0.25, -0.2) is 8.42 Å². The number of nitrogens with one attached hydrogen (secondary N) is 1. The molecule has 0 amide bonds. The second-order valence-corrected chi connectivity index (χ2v) is 9.54. The highest BCUT2D eigenvalue weighted by Crippen LogP contribution is 2.24. The summed E-state index contributed by atoms with van der Waals surface area (Å²) in [4.78, 5) is 15.9. The molecular weight excluding hydrogens is 424 g/mol. The summed E-state index contributed by atoms with van der Waals surface area (Å²) in [5.41, 5.74) is 2.63. The molecule has 0 spiro atoms. The predicted molar refractivity (Wildman–Crippen MR) is 125 cm³/mol. The number of para-hydroxylation sites is 1.